The number of rotatable bonds is 7. The van der Waals surface area contributed by atoms with Gasteiger partial charge in [0.15, 0.2) is 0 Å². The van der Waals surface area contributed by atoms with E-state index >= 15 is 0 Å². The summed E-state index contributed by atoms with van der Waals surface area (Å²) in [7, 11) is 2.25. The Morgan fingerprint density at radius 3 is 1.67 bits per heavy atom. The number of aliphatic hydroxyl groups excluding tert-OH is 1. The van der Waals surface area contributed by atoms with Crippen LogP contribution in [0.25, 0.3) is 0 Å². The molecule has 0 spiro atoms. The van der Waals surface area contributed by atoms with E-state index in [1.165, 1.54) is 44.9 Å². The summed E-state index contributed by atoms with van der Waals surface area (Å²) in [4.78, 5) is 0. The highest BCUT2D eigenvalue weighted by molar-refractivity contribution is 4.45. The quantitative estimate of drug-likeness (QED) is 0.573. The van der Waals surface area contributed by atoms with Gasteiger partial charge < -0.3 is 5.11 Å². The van der Waals surface area contributed by atoms with Gasteiger partial charge in [0.2, 0.25) is 0 Å². The molecule has 0 bridgehead atoms. The molecule has 1 heteroatoms. The van der Waals surface area contributed by atoms with Crippen molar-refractivity contribution in [3.8, 4) is 0 Å². The first-order valence-corrected chi connectivity index (χ1v) is 5.02. The first-order valence-electron chi connectivity index (χ1n) is 5.02. The molecular weight excluding hydrogens is 148 g/mol. The van der Waals surface area contributed by atoms with Crippen LogP contribution in [-0.4, -0.2) is 5.11 Å². The van der Waals surface area contributed by atoms with Gasteiger partial charge in [-0.05, 0) is 0 Å². The van der Waals surface area contributed by atoms with Gasteiger partial charge in [-0.2, -0.15) is 0 Å². The van der Waals surface area contributed by atoms with Crippen molar-refractivity contribution in [1.29, 1.82) is 0 Å². The highest BCUT2D eigenvalue weighted by Crippen LogP contribution is 2.07. The summed E-state index contributed by atoms with van der Waals surface area (Å²) in [6.07, 6.45) is 10.9. The molecule has 0 saturated carbocycles. The zero-order valence-corrected chi connectivity index (χ0v) is 8.52. The van der Waals surface area contributed by atoms with Crippen LogP contribution in [0.5, 0.6) is 0 Å². The van der Waals surface area contributed by atoms with E-state index in [0.717, 1.165) is 6.42 Å². The van der Waals surface area contributed by atoms with Crippen molar-refractivity contribution in [2.24, 2.45) is 0 Å². The van der Waals surface area contributed by atoms with Crippen LogP contribution in [0.1, 0.15) is 58.3 Å². The van der Waals surface area contributed by atoms with Crippen molar-refractivity contribution in [2.75, 3.05) is 0 Å². The number of unbranched alkanes of at least 4 members (excludes halogenated alkanes) is 7. The summed E-state index contributed by atoms with van der Waals surface area (Å²) in [6, 6.07) is 0. The average Bonchev–Trinajstić information content (AvgIpc) is 2.15. The molecule has 12 heavy (non-hydrogen) atoms. The average molecular weight is 172 g/mol. The second kappa shape index (κ2) is 17.2. The second-order valence-electron chi connectivity index (χ2n) is 2.97. The van der Waals surface area contributed by atoms with E-state index in [-0.39, 0.29) is 0 Å². The minimum Gasteiger partial charge on any atom is -0.394 e. The van der Waals surface area contributed by atoms with E-state index in [4.69, 9.17) is 5.11 Å². The first-order chi connectivity index (χ1) is 5.91. The topological polar surface area (TPSA) is 20.2 Å². The summed E-state index contributed by atoms with van der Waals surface area (Å²) >= 11 is 0. The van der Waals surface area contributed by atoms with Gasteiger partial charge in [0.05, 0.1) is 7.11 Å². The van der Waals surface area contributed by atoms with E-state index in [2.05, 4.69) is 21.0 Å². The predicted octanol–water partition coefficient (Wildman–Crippen LogP) is 4.11. The van der Waals surface area contributed by atoms with Crippen molar-refractivity contribution in [3.05, 3.63) is 14.0 Å². The fourth-order valence-corrected chi connectivity index (χ4v) is 1.13. The molecule has 0 atom stereocenters. The van der Waals surface area contributed by atoms with Gasteiger partial charge in [-0.1, -0.05) is 65.2 Å². The third kappa shape index (κ3) is 16.5. The third-order valence-corrected chi connectivity index (χ3v) is 1.85. The van der Waals surface area contributed by atoms with Crippen molar-refractivity contribution < 1.29 is 5.11 Å². The zero-order valence-electron chi connectivity index (χ0n) is 8.52. The molecule has 74 valence electrons. The molecule has 0 unspecified atom stereocenters. The molecule has 0 aromatic rings. The fourth-order valence-electron chi connectivity index (χ4n) is 1.13. The molecule has 2 radical (unpaired) electrons. The molecule has 0 aliphatic rings. The molecule has 0 aliphatic heterocycles. The van der Waals surface area contributed by atoms with Gasteiger partial charge in [-0.25, -0.2) is 0 Å². The van der Waals surface area contributed by atoms with Crippen LogP contribution >= 0.6 is 0 Å². The summed E-state index contributed by atoms with van der Waals surface area (Å²) in [5.41, 5.74) is 0. The van der Waals surface area contributed by atoms with E-state index in [0.29, 0.717) is 0 Å². The lowest BCUT2D eigenvalue weighted by molar-refractivity contribution is 0.464. The minimum atomic E-state index is 1.12. The van der Waals surface area contributed by atoms with Gasteiger partial charge in [0, 0.05) is 0 Å². The molecule has 1 N–H and O–H groups in total. The maximum atomic E-state index is 6.75. The van der Waals surface area contributed by atoms with Gasteiger partial charge in [-0.15, -0.1) is 0 Å². The Bertz CT molecular complexity index is 45.0. The van der Waals surface area contributed by atoms with Crippen molar-refractivity contribution in [3.63, 3.8) is 0 Å². The largest absolute Gasteiger partial charge is 0.394 e. The standard InChI is InChI=1S/C10H21.CH3O/c1-3-5-7-9-10-8-6-4-2;1-2/h1,3-10H2,2H3;2H,1H2. The maximum Gasteiger partial charge on any atom is 0.0662 e. The zero-order chi connectivity index (χ0) is 9.66. The summed E-state index contributed by atoms with van der Waals surface area (Å²) in [5.74, 6) is 0. The van der Waals surface area contributed by atoms with Gasteiger partial charge in [0.1, 0.15) is 0 Å². The predicted molar refractivity (Wildman–Crippen MR) is 55.3 cm³/mol. The van der Waals surface area contributed by atoms with Gasteiger partial charge in [-0.3, -0.25) is 0 Å². The van der Waals surface area contributed by atoms with E-state index < -0.39 is 0 Å². The van der Waals surface area contributed by atoms with Crippen LogP contribution in [0.4, 0.5) is 0 Å². The lowest BCUT2D eigenvalue weighted by atomic mass is 10.1. The fraction of sp³-hybridized carbons (Fsp3) is 0.818. The van der Waals surface area contributed by atoms with Crippen molar-refractivity contribution in [2.45, 2.75) is 58.3 Å². The van der Waals surface area contributed by atoms with Crippen LogP contribution < -0.4 is 0 Å². The lowest BCUT2D eigenvalue weighted by Gasteiger charge is -1.97. The number of aliphatic hydroxyl groups is 1. The monoisotopic (exact) mass is 172 g/mol. The molecule has 0 fully saturated rings. The van der Waals surface area contributed by atoms with Crippen molar-refractivity contribution >= 4 is 0 Å². The molecule has 1 nitrogen and oxygen atoms in total. The summed E-state index contributed by atoms with van der Waals surface area (Å²) < 4.78 is 0. The summed E-state index contributed by atoms with van der Waals surface area (Å²) in [5, 5.41) is 6.75. The Hall–Kier alpha value is -0.0400. The number of hydrogen-bond acceptors (Lipinski definition) is 1. The van der Waals surface area contributed by atoms with Crippen LogP contribution in [0.3, 0.4) is 0 Å². The smallest absolute Gasteiger partial charge is 0.0662 e. The molecule has 0 amide bonds. The molecule has 0 aromatic heterocycles. The molecule has 0 rings (SSSR count). The highest BCUT2D eigenvalue weighted by Gasteiger charge is 1.87. The van der Waals surface area contributed by atoms with Crippen LogP contribution in [0.2, 0.25) is 0 Å². The SMILES string of the molecule is [CH2]CCCCCCCCC.[CH2]O. The third-order valence-electron chi connectivity index (χ3n) is 1.85. The van der Waals surface area contributed by atoms with Crippen LogP contribution in [0, 0.1) is 14.0 Å². The normalized spacial score (nSPS) is 9.00. The molecule has 0 aromatic carbocycles. The maximum absolute atomic E-state index is 6.75. The minimum absolute atomic E-state index is 1.12. The van der Waals surface area contributed by atoms with E-state index in [1.807, 2.05) is 0 Å². The first kappa shape index (κ1) is 14.5. The van der Waals surface area contributed by atoms with Gasteiger partial charge >= 0.3 is 0 Å². The Morgan fingerprint density at radius 1 is 0.833 bits per heavy atom. The van der Waals surface area contributed by atoms with E-state index in [9.17, 15) is 0 Å². The molecule has 0 saturated heterocycles. The lowest BCUT2D eigenvalue weighted by Crippen LogP contribution is -1.77. The number of hydrogen-bond donors (Lipinski definition) is 1. The second-order valence-corrected chi connectivity index (χ2v) is 2.97. The highest BCUT2D eigenvalue weighted by atomic mass is 16.2. The molecule has 0 heterocycles. The Labute approximate surface area is 78.2 Å². The van der Waals surface area contributed by atoms with E-state index in [1.54, 1.807) is 0 Å². The molecule has 0 aliphatic carbocycles. The summed E-state index contributed by atoms with van der Waals surface area (Å²) in [6.45, 7) is 6.08. The Kier molecular flexibility index (Phi) is 20.7. The van der Waals surface area contributed by atoms with Crippen LogP contribution in [-0.2, 0) is 0 Å². The van der Waals surface area contributed by atoms with Crippen LogP contribution in [0.15, 0.2) is 0 Å². The van der Waals surface area contributed by atoms with Crippen molar-refractivity contribution in [1.82, 2.24) is 0 Å². The van der Waals surface area contributed by atoms with Gasteiger partial charge in [0.25, 0.3) is 0 Å². The Morgan fingerprint density at radius 2 is 1.25 bits per heavy atom. The Balaban J connectivity index is 0. The molecular formula is C11H24O.